The lowest BCUT2D eigenvalue weighted by molar-refractivity contribution is 0.291. The highest BCUT2D eigenvalue weighted by Crippen LogP contribution is 2.33. The van der Waals surface area contributed by atoms with E-state index >= 15 is 0 Å². The van der Waals surface area contributed by atoms with Gasteiger partial charge in [-0.25, -0.2) is 8.78 Å². The molecule has 1 aromatic carbocycles. The van der Waals surface area contributed by atoms with Gasteiger partial charge in [0.05, 0.1) is 6.61 Å². The number of halogens is 2. The van der Waals surface area contributed by atoms with Crippen LogP contribution in [-0.4, -0.2) is 6.61 Å². The molecule has 1 aliphatic carbocycles. The molecule has 0 amide bonds. The van der Waals surface area contributed by atoms with Gasteiger partial charge in [-0.1, -0.05) is 13.8 Å². The average molecular weight is 226 g/mol. The lowest BCUT2D eigenvalue weighted by atomic mass is 10.0. The van der Waals surface area contributed by atoms with Crippen LogP contribution in [0.4, 0.5) is 8.78 Å². The Morgan fingerprint density at radius 2 is 2.00 bits per heavy atom. The molecule has 0 saturated heterocycles. The fourth-order valence-corrected chi connectivity index (χ4v) is 1.73. The summed E-state index contributed by atoms with van der Waals surface area (Å²) in [6, 6.07) is 2.19. The standard InChI is InChI=1S/C13H16F2O/c1-8(2)13-11(15)5-10(14)6-12(13)16-7-9-3-4-9/h5-6,8-9H,3-4,7H2,1-2H3. The van der Waals surface area contributed by atoms with Crippen molar-refractivity contribution in [1.82, 2.24) is 0 Å². The molecule has 0 N–H and O–H groups in total. The summed E-state index contributed by atoms with van der Waals surface area (Å²) in [4.78, 5) is 0. The van der Waals surface area contributed by atoms with Crippen molar-refractivity contribution in [3.8, 4) is 5.75 Å². The first-order valence-electron chi connectivity index (χ1n) is 5.69. The van der Waals surface area contributed by atoms with Crippen LogP contribution in [0.15, 0.2) is 12.1 Å². The van der Waals surface area contributed by atoms with Crippen molar-refractivity contribution < 1.29 is 13.5 Å². The third-order valence-electron chi connectivity index (χ3n) is 2.81. The van der Waals surface area contributed by atoms with E-state index in [1.165, 1.54) is 6.07 Å². The van der Waals surface area contributed by atoms with Gasteiger partial charge in [0.2, 0.25) is 0 Å². The Labute approximate surface area is 94.4 Å². The summed E-state index contributed by atoms with van der Waals surface area (Å²) in [6.45, 7) is 4.32. The van der Waals surface area contributed by atoms with Gasteiger partial charge in [-0.05, 0) is 24.7 Å². The summed E-state index contributed by atoms with van der Waals surface area (Å²) in [5.74, 6) is -0.158. The smallest absolute Gasteiger partial charge is 0.133 e. The molecule has 0 spiro atoms. The minimum absolute atomic E-state index is 0.00481. The number of hydrogen-bond donors (Lipinski definition) is 0. The summed E-state index contributed by atoms with van der Waals surface area (Å²) >= 11 is 0. The molecule has 3 heteroatoms. The number of hydrogen-bond acceptors (Lipinski definition) is 1. The highest BCUT2D eigenvalue weighted by atomic mass is 19.1. The molecule has 0 aromatic heterocycles. The van der Waals surface area contributed by atoms with Crippen molar-refractivity contribution in [1.29, 1.82) is 0 Å². The van der Waals surface area contributed by atoms with Crippen LogP contribution in [-0.2, 0) is 0 Å². The predicted octanol–water partition coefficient (Wildman–Crippen LogP) is 3.88. The fourth-order valence-electron chi connectivity index (χ4n) is 1.73. The van der Waals surface area contributed by atoms with Gasteiger partial charge in [-0.2, -0.15) is 0 Å². The largest absolute Gasteiger partial charge is 0.493 e. The SMILES string of the molecule is CC(C)c1c(F)cc(F)cc1OCC1CC1. The maximum Gasteiger partial charge on any atom is 0.133 e. The zero-order valence-corrected chi connectivity index (χ0v) is 9.59. The molecular weight excluding hydrogens is 210 g/mol. The van der Waals surface area contributed by atoms with Crippen LogP contribution < -0.4 is 4.74 Å². The maximum absolute atomic E-state index is 13.6. The molecule has 1 aliphatic rings. The van der Waals surface area contributed by atoms with Crippen molar-refractivity contribution in [3.63, 3.8) is 0 Å². The van der Waals surface area contributed by atoms with E-state index in [0.29, 0.717) is 23.8 Å². The quantitative estimate of drug-likeness (QED) is 0.757. The molecule has 1 nitrogen and oxygen atoms in total. The van der Waals surface area contributed by atoms with Crippen LogP contribution in [0.25, 0.3) is 0 Å². The molecule has 16 heavy (non-hydrogen) atoms. The highest BCUT2D eigenvalue weighted by molar-refractivity contribution is 5.37. The van der Waals surface area contributed by atoms with Crippen LogP contribution in [0.2, 0.25) is 0 Å². The molecule has 1 aromatic rings. The van der Waals surface area contributed by atoms with Gasteiger partial charge in [0.15, 0.2) is 0 Å². The summed E-state index contributed by atoms with van der Waals surface area (Å²) in [5.41, 5.74) is 0.474. The lowest BCUT2D eigenvalue weighted by Crippen LogP contribution is -2.05. The molecular formula is C13H16F2O. The maximum atomic E-state index is 13.6. The van der Waals surface area contributed by atoms with E-state index in [-0.39, 0.29) is 5.92 Å². The number of benzene rings is 1. The number of ether oxygens (including phenoxy) is 1. The minimum Gasteiger partial charge on any atom is -0.493 e. The highest BCUT2D eigenvalue weighted by Gasteiger charge is 2.23. The first-order chi connectivity index (χ1) is 7.58. The van der Waals surface area contributed by atoms with Gasteiger partial charge in [0.1, 0.15) is 17.4 Å². The van der Waals surface area contributed by atoms with E-state index in [9.17, 15) is 8.78 Å². The van der Waals surface area contributed by atoms with Crippen LogP contribution >= 0.6 is 0 Å². The average Bonchev–Trinajstić information content (AvgIpc) is 2.95. The molecule has 0 radical (unpaired) electrons. The van der Waals surface area contributed by atoms with E-state index in [0.717, 1.165) is 18.9 Å². The van der Waals surface area contributed by atoms with E-state index in [2.05, 4.69) is 0 Å². The second-order valence-electron chi connectivity index (χ2n) is 4.71. The normalized spacial score (nSPS) is 15.6. The van der Waals surface area contributed by atoms with Crippen molar-refractivity contribution in [2.75, 3.05) is 6.61 Å². The van der Waals surface area contributed by atoms with Gasteiger partial charge < -0.3 is 4.74 Å². The van der Waals surface area contributed by atoms with Crippen LogP contribution in [0.1, 0.15) is 38.2 Å². The van der Waals surface area contributed by atoms with Gasteiger partial charge in [0.25, 0.3) is 0 Å². The lowest BCUT2D eigenvalue weighted by Gasteiger charge is -2.14. The molecule has 2 rings (SSSR count). The molecule has 0 aliphatic heterocycles. The molecule has 88 valence electrons. The molecule has 0 heterocycles. The van der Waals surface area contributed by atoms with Gasteiger partial charge in [0, 0.05) is 17.7 Å². The molecule has 0 bridgehead atoms. The van der Waals surface area contributed by atoms with Crippen LogP contribution in [0.3, 0.4) is 0 Å². The molecule has 1 saturated carbocycles. The Kier molecular flexibility index (Phi) is 3.13. The summed E-state index contributed by atoms with van der Waals surface area (Å²) in [7, 11) is 0. The fraction of sp³-hybridized carbons (Fsp3) is 0.538. The zero-order valence-electron chi connectivity index (χ0n) is 9.59. The van der Waals surface area contributed by atoms with Crippen molar-refractivity contribution in [2.45, 2.75) is 32.6 Å². The first-order valence-corrected chi connectivity index (χ1v) is 5.69. The Morgan fingerprint density at radius 1 is 1.31 bits per heavy atom. The van der Waals surface area contributed by atoms with Gasteiger partial charge in [-0.15, -0.1) is 0 Å². The Balaban J connectivity index is 2.24. The van der Waals surface area contributed by atoms with E-state index in [4.69, 9.17) is 4.74 Å². The van der Waals surface area contributed by atoms with Crippen molar-refractivity contribution in [3.05, 3.63) is 29.3 Å². The number of rotatable bonds is 4. The third-order valence-corrected chi connectivity index (χ3v) is 2.81. The minimum atomic E-state index is -0.576. The molecule has 0 atom stereocenters. The van der Waals surface area contributed by atoms with E-state index in [1.807, 2.05) is 13.8 Å². The van der Waals surface area contributed by atoms with Crippen molar-refractivity contribution in [2.24, 2.45) is 5.92 Å². The summed E-state index contributed by atoms with van der Waals surface area (Å²) in [5, 5.41) is 0. The summed E-state index contributed by atoms with van der Waals surface area (Å²) in [6.07, 6.45) is 2.32. The molecule has 1 fully saturated rings. The second-order valence-corrected chi connectivity index (χ2v) is 4.71. The van der Waals surface area contributed by atoms with Crippen LogP contribution in [0, 0.1) is 17.6 Å². The van der Waals surface area contributed by atoms with E-state index < -0.39 is 11.6 Å². The second kappa shape index (κ2) is 4.40. The van der Waals surface area contributed by atoms with Gasteiger partial charge >= 0.3 is 0 Å². The zero-order chi connectivity index (χ0) is 11.7. The third kappa shape index (κ3) is 2.52. The summed E-state index contributed by atoms with van der Waals surface area (Å²) < 4.78 is 32.2. The molecule has 0 unspecified atom stereocenters. The Hall–Kier alpha value is -1.12. The Morgan fingerprint density at radius 3 is 2.56 bits per heavy atom. The predicted molar refractivity (Wildman–Crippen MR) is 58.7 cm³/mol. The van der Waals surface area contributed by atoms with Gasteiger partial charge in [-0.3, -0.25) is 0 Å². The van der Waals surface area contributed by atoms with Crippen LogP contribution in [0.5, 0.6) is 5.75 Å². The topological polar surface area (TPSA) is 9.23 Å². The first kappa shape index (κ1) is 11.4. The monoisotopic (exact) mass is 226 g/mol. The Bertz CT molecular complexity index is 384. The van der Waals surface area contributed by atoms with Crippen molar-refractivity contribution >= 4 is 0 Å². The van der Waals surface area contributed by atoms with E-state index in [1.54, 1.807) is 0 Å².